The third-order valence-corrected chi connectivity index (χ3v) is 3.55. The Morgan fingerprint density at radius 3 is 2.88 bits per heavy atom. The second-order valence-electron chi connectivity index (χ2n) is 4.92. The average Bonchev–Trinajstić information content (AvgIpc) is 3.24. The predicted octanol–water partition coefficient (Wildman–Crippen LogP) is 1.81. The van der Waals surface area contributed by atoms with Gasteiger partial charge in [0.2, 0.25) is 0 Å². The lowest BCUT2D eigenvalue weighted by molar-refractivity contribution is -0.389. The van der Waals surface area contributed by atoms with Gasteiger partial charge in [-0.15, -0.1) is 0 Å². The van der Waals surface area contributed by atoms with Crippen molar-refractivity contribution >= 4 is 23.3 Å². The summed E-state index contributed by atoms with van der Waals surface area (Å²) >= 11 is 6.01. The average molecular weight is 363 g/mol. The van der Waals surface area contributed by atoms with Gasteiger partial charge in [-0.25, -0.2) is 0 Å². The first-order valence-corrected chi connectivity index (χ1v) is 7.43. The van der Waals surface area contributed by atoms with Gasteiger partial charge in [-0.05, 0) is 16.6 Å². The number of benzene rings is 1. The lowest BCUT2D eigenvalue weighted by Gasteiger charge is -2.04. The van der Waals surface area contributed by atoms with Crippen molar-refractivity contribution in [2.45, 2.75) is 13.1 Å². The van der Waals surface area contributed by atoms with E-state index in [0.29, 0.717) is 5.02 Å². The summed E-state index contributed by atoms with van der Waals surface area (Å²) in [7, 11) is 0. The first-order chi connectivity index (χ1) is 12.0. The Kier molecular flexibility index (Phi) is 4.70. The zero-order valence-corrected chi connectivity index (χ0v) is 13.4. The molecule has 2 heterocycles. The fourth-order valence-electron chi connectivity index (χ4n) is 1.98. The van der Waals surface area contributed by atoms with Crippen LogP contribution >= 0.6 is 11.6 Å². The highest BCUT2D eigenvalue weighted by Gasteiger charge is 2.17. The first-order valence-electron chi connectivity index (χ1n) is 7.05. The number of rotatable bonds is 6. The standard InChI is InChI=1S/C14H11ClN6O4/c15-10-4-2-1-3-9(10)7-16-13(22)14-17-11(19-25-14)8-20-6-5-12(18-20)21(23)24/h1-6H,7-8H2,(H,16,22). The second kappa shape index (κ2) is 7.09. The van der Waals surface area contributed by atoms with Crippen molar-refractivity contribution in [3.05, 3.63) is 68.9 Å². The summed E-state index contributed by atoms with van der Waals surface area (Å²) in [6.45, 7) is 0.247. The summed E-state index contributed by atoms with van der Waals surface area (Å²) in [5.74, 6) is -0.893. The zero-order chi connectivity index (χ0) is 17.8. The number of amides is 1. The molecule has 1 amide bonds. The largest absolute Gasteiger partial charge is 0.389 e. The highest BCUT2D eigenvalue weighted by atomic mass is 35.5. The Hall–Kier alpha value is -3.27. The molecule has 3 rings (SSSR count). The van der Waals surface area contributed by atoms with E-state index in [4.69, 9.17) is 16.1 Å². The van der Waals surface area contributed by atoms with Crippen LogP contribution in [0.2, 0.25) is 5.02 Å². The second-order valence-corrected chi connectivity index (χ2v) is 5.33. The van der Waals surface area contributed by atoms with Gasteiger partial charge in [0.05, 0.1) is 17.4 Å². The number of nitro groups is 1. The van der Waals surface area contributed by atoms with E-state index in [1.54, 1.807) is 24.3 Å². The molecule has 0 saturated heterocycles. The molecule has 0 aliphatic heterocycles. The maximum Gasteiger partial charge on any atom is 0.389 e. The van der Waals surface area contributed by atoms with Gasteiger partial charge in [0.15, 0.2) is 5.82 Å². The number of hydrogen-bond donors (Lipinski definition) is 1. The van der Waals surface area contributed by atoms with Crippen LogP contribution in [0.5, 0.6) is 0 Å². The summed E-state index contributed by atoms with van der Waals surface area (Å²) in [6.07, 6.45) is 1.41. The molecule has 0 fully saturated rings. The molecule has 1 aromatic carbocycles. The van der Waals surface area contributed by atoms with E-state index in [1.165, 1.54) is 16.9 Å². The van der Waals surface area contributed by atoms with Crippen LogP contribution in [-0.4, -0.2) is 30.8 Å². The highest BCUT2D eigenvalue weighted by molar-refractivity contribution is 6.31. The van der Waals surface area contributed by atoms with Gasteiger partial charge in [0, 0.05) is 11.6 Å². The zero-order valence-electron chi connectivity index (χ0n) is 12.6. The van der Waals surface area contributed by atoms with E-state index >= 15 is 0 Å². The van der Waals surface area contributed by atoms with Gasteiger partial charge in [-0.3, -0.25) is 4.79 Å². The van der Waals surface area contributed by atoms with E-state index in [0.717, 1.165) is 5.56 Å². The minimum Gasteiger partial charge on any atom is -0.358 e. The molecule has 3 aromatic rings. The fourth-order valence-corrected chi connectivity index (χ4v) is 2.19. The number of carbonyl (C=O) groups excluding carboxylic acids is 1. The lowest BCUT2D eigenvalue weighted by Crippen LogP contribution is -2.23. The Balaban J connectivity index is 1.61. The Labute approximate surface area is 145 Å². The van der Waals surface area contributed by atoms with Crippen LogP contribution in [0.3, 0.4) is 0 Å². The summed E-state index contributed by atoms with van der Waals surface area (Å²) in [5, 5.41) is 21.1. The minimum absolute atomic E-state index is 0.0368. The molecule has 0 spiro atoms. The van der Waals surface area contributed by atoms with Crippen LogP contribution in [0.25, 0.3) is 0 Å². The van der Waals surface area contributed by atoms with Crippen LogP contribution in [0.4, 0.5) is 5.82 Å². The molecule has 0 saturated carbocycles. The van der Waals surface area contributed by atoms with Crippen LogP contribution in [0, 0.1) is 10.1 Å². The number of halogens is 1. The summed E-state index contributed by atoms with van der Waals surface area (Å²) in [4.78, 5) is 25.9. The molecular formula is C14H11ClN6O4. The SMILES string of the molecule is O=C(NCc1ccccc1Cl)c1nc(Cn2ccc([N+](=O)[O-])n2)no1. The van der Waals surface area contributed by atoms with Gasteiger partial charge in [-0.1, -0.05) is 35.0 Å². The molecule has 10 nitrogen and oxygen atoms in total. The molecule has 0 atom stereocenters. The normalized spacial score (nSPS) is 10.6. The molecule has 1 N–H and O–H groups in total. The minimum atomic E-state index is -0.611. The van der Waals surface area contributed by atoms with Gasteiger partial charge in [0.25, 0.3) is 0 Å². The molecule has 0 radical (unpaired) electrons. The topological polar surface area (TPSA) is 129 Å². The van der Waals surface area contributed by atoms with Gasteiger partial charge < -0.3 is 20.0 Å². The molecular weight excluding hydrogens is 352 g/mol. The number of nitrogens with one attached hydrogen (secondary N) is 1. The molecule has 128 valence electrons. The van der Waals surface area contributed by atoms with Crippen LogP contribution in [-0.2, 0) is 13.1 Å². The van der Waals surface area contributed by atoms with Crippen molar-refractivity contribution in [1.82, 2.24) is 25.2 Å². The lowest BCUT2D eigenvalue weighted by atomic mass is 10.2. The summed E-state index contributed by atoms with van der Waals surface area (Å²) < 4.78 is 6.16. The molecule has 0 aliphatic carbocycles. The summed E-state index contributed by atoms with van der Waals surface area (Å²) in [6, 6.07) is 8.35. The Morgan fingerprint density at radius 2 is 2.16 bits per heavy atom. The van der Waals surface area contributed by atoms with Crippen molar-refractivity contribution < 1.29 is 14.2 Å². The molecule has 0 bridgehead atoms. The van der Waals surface area contributed by atoms with Crippen molar-refractivity contribution in [1.29, 1.82) is 0 Å². The number of carbonyl (C=O) groups is 1. The highest BCUT2D eigenvalue weighted by Crippen LogP contribution is 2.14. The molecule has 0 aliphatic rings. The van der Waals surface area contributed by atoms with E-state index in [2.05, 4.69) is 20.6 Å². The van der Waals surface area contributed by atoms with Crippen molar-refractivity contribution in [2.75, 3.05) is 0 Å². The van der Waals surface area contributed by atoms with E-state index < -0.39 is 10.8 Å². The molecule has 2 aromatic heterocycles. The van der Waals surface area contributed by atoms with Gasteiger partial charge in [0.1, 0.15) is 6.54 Å². The molecule has 11 heteroatoms. The van der Waals surface area contributed by atoms with E-state index in [9.17, 15) is 14.9 Å². The van der Waals surface area contributed by atoms with Crippen molar-refractivity contribution in [3.63, 3.8) is 0 Å². The third kappa shape index (κ3) is 3.98. The van der Waals surface area contributed by atoms with Crippen molar-refractivity contribution in [2.24, 2.45) is 0 Å². The van der Waals surface area contributed by atoms with Gasteiger partial charge in [-0.2, -0.15) is 9.67 Å². The number of hydrogen-bond acceptors (Lipinski definition) is 7. The van der Waals surface area contributed by atoms with Crippen molar-refractivity contribution in [3.8, 4) is 0 Å². The quantitative estimate of drug-likeness (QED) is 0.522. The number of nitrogens with zero attached hydrogens (tertiary/aromatic N) is 5. The maximum absolute atomic E-state index is 12.0. The fraction of sp³-hybridized carbons (Fsp3) is 0.143. The molecule has 25 heavy (non-hydrogen) atoms. The Morgan fingerprint density at radius 1 is 1.36 bits per heavy atom. The number of aromatic nitrogens is 4. The van der Waals surface area contributed by atoms with E-state index in [-0.39, 0.29) is 30.6 Å². The monoisotopic (exact) mass is 362 g/mol. The molecule has 0 unspecified atom stereocenters. The van der Waals surface area contributed by atoms with Crippen LogP contribution in [0.15, 0.2) is 41.1 Å². The smallest absolute Gasteiger partial charge is 0.358 e. The first kappa shape index (κ1) is 16.6. The van der Waals surface area contributed by atoms with Crippen LogP contribution < -0.4 is 5.32 Å². The third-order valence-electron chi connectivity index (χ3n) is 3.18. The predicted molar refractivity (Wildman–Crippen MR) is 84.9 cm³/mol. The van der Waals surface area contributed by atoms with E-state index in [1.807, 2.05) is 0 Å². The van der Waals surface area contributed by atoms with Gasteiger partial charge >= 0.3 is 17.6 Å². The van der Waals surface area contributed by atoms with Crippen LogP contribution in [0.1, 0.15) is 22.1 Å². The summed E-state index contributed by atoms with van der Waals surface area (Å²) in [5.41, 5.74) is 0.751. The Bertz CT molecular complexity index is 921. The maximum atomic E-state index is 12.0.